The third-order valence-corrected chi connectivity index (χ3v) is 2.94. The molecule has 0 aliphatic heterocycles. The molecule has 0 radical (unpaired) electrons. The zero-order chi connectivity index (χ0) is 12.0. The predicted octanol–water partition coefficient (Wildman–Crippen LogP) is -0.357. The van der Waals surface area contributed by atoms with Gasteiger partial charge in [-0.2, -0.15) is 0 Å². The summed E-state index contributed by atoms with van der Waals surface area (Å²) in [5.74, 6) is -1.03. The van der Waals surface area contributed by atoms with Gasteiger partial charge in [-0.05, 0) is 17.9 Å². The Morgan fingerprint density at radius 3 is 2.88 bits per heavy atom. The second-order valence-corrected chi connectivity index (χ2v) is 4.33. The second kappa shape index (κ2) is 6.24. The number of aliphatic hydroxyl groups is 1. The number of aliphatic hydroxyl groups excluding tert-OH is 1. The molecule has 0 aromatic carbocycles. The van der Waals surface area contributed by atoms with Gasteiger partial charge in [0.1, 0.15) is 6.10 Å². The molecule has 2 amide bonds. The van der Waals surface area contributed by atoms with E-state index in [0.29, 0.717) is 12.8 Å². The molecular formula is C10H14N2O3S. The van der Waals surface area contributed by atoms with Crippen LogP contribution in [0.3, 0.4) is 0 Å². The average Bonchev–Trinajstić information content (AvgIpc) is 2.75. The number of primary amides is 1. The van der Waals surface area contributed by atoms with Crippen molar-refractivity contribution in [1.82, 2.24) is 5.32 Å². The summed E-state index contributed by atoms with van der Waals surface area (Å²) in [5.41, 5.74) is 4.83. The van der Waals surface area contributed by atoms with Crippen molar-refractivity contribution in [2.75, 3.05) is 6.54 Å². The van der Waals surface area contributed by atoms with Gasteiger partial charge in [-0.15, -0.1) is 11.3 Å². The molecule has 1 rings (SSSR count). The van der Waals surface area contributed by atoms with E-state index in [1.807, 2.05) is 17.5 Å². The first-order chi connectivity index (χ1) is 7.59. The largest absolute Gasteiger partial charge is 0.381 e. The van der Waals surface area contributed by atoms with Crippen LogP contribution in [0.5, 0.6) is 0 Å². The van der Waals surface area contributed by atoms with E-state index in [2.05, 4.69) is 5.32 Å². The van der Waals surface area contributed by atoms with Crippen molar-refractivity contribution in [2.24, 2.45) is 5.73 Å². The van der Waals surface area contributed by atoms with Crippen LogP contribution in [0.25, 0.3) is 0 Å². The molecule has 0 spiro atoms. The maximum atomic E-state index is 11.3. The monoisotopic (exact) mass is 242 g/mol. The molecule has 88 valence electrons. The van der Waals surface area contributed by atoms with E-state index in [1.54, 1.807) is 11.3 Å². The van der Waals surface area contributed by atoms with Gasteiger partial charge in [0.15, 0.2) is 0 Å². The highest BCUT2D eigenvalue weighted by molar-refractivity contribution is 7.09. The van der Waals surface area contributed by atoms with Crippen LogP contribution in [0.2, 0.25) is 0 Å². The van der Waals surface area contributed by atoms with Crippen molar-refractivity contribution < 1.29 is 14.7 Å². The van der Waals surface area contributed by atoms with Crippen LogP contribution in [0.4, 0.5) is 0 Å². The number of aryl methyl sites for hydroxylation is 1. The molecule has 1 aromatic heterocycles. The molecule has 5 nitrogen and oxygen atoms in total. The van der Waals surface area contributed by atoms with Crippen LogP contribution in [0, 0.1) is 0 Å². The quantitative estimate of drug-likeness (QED) is 0.636. The Morgan fingerprint density at radius 2 is 2.31 bits per heavy atom. The lowest BCUT2D eigenvalue weighted by atomic mass is 10.2. The Hall–Kier alpha value is -1.40. The lowest BCUT2D eigenvalue weighted by molar-refractivity contribution is -0.127. The number of hydrogen-bond acceptors (Lipinski definition) is 4. The molecule has 0 saturated heterocycles. The molecule has 1 atom stereocenters. The first-order valence-electron chi connectivity index (χ1n) is 4.86. The summed E-state index contributed by atoms with van der Waals surface area (Å²) in [4.78, 5) is 22.9. The zero-order valence-electron chi connectivity index (χ0n) is 8.68. The molecule has 0 saturated carbocycles. The van der Waals surface area contributed by atoms with Gasteiger partial charge in [0.2, 0.25) is 11.8 Å². The second-order valence-electron chi connectivity index (χ2n) is 3.30. The molecule has 1 unspecified atom stereocenters. The van der Waals surface area contributed by atoms with Crippen molar-refractivity contribution in [3.05, 3.63) is 22.4 Å². The lowest BCUT2D eigenvalue weighted by Crippen LogP contribution is -2.40. The Bertz CT molecular complexity index is 351. The van der Waals surface area contributed by atoms with Crippen molar-refractivity contribution in [3.8, 4) is 0 Å². The van der Waals surface area contributed by atoms with Crippen LogP contribution in [-0.4, -0.2) is 29.6 Å². The van der Waals surface area contributed by atoms with Crippen molar-refractivity contribution in [2.45, 2.75) is 18.9 Å². The summed E-state index contributed by atoms with van der Waals surface area (Å²) in [6.45, 7) is -0.126. The fraction of sp³-hybridized carbons (Fsp3) is 0.400. The van der Waals surface area contributed by atoms with Crippen LogP contribution < -0.4 is 11.1 Å². The summed E-state index contributed by atoms with van der Waals surface area (Å²) in [7, 11) is 0. The number of hydrogen-bond donors (Lipinski definition) is 3. The Morgan fingerprint density at radius 1 is 1.56 bits per heavy atom. The van der Waals surface area contributed by atoms with E-state index in [9.17, 15) is 9.59 Å². The van der Waals surface area contributed by atoms with Gasteiger partial charge >= 0.3 is 0 Å². The van der Waals surface area contributed by atoms with Crippen LogP contribution >= 0.6 is 11.3 Å². The van der Waals surface area contributed by atoms with Crippen molar-refractivity contribution >= 4 is 23.2 Å². The van der Waals surface area contributed by atoms with Gasteiger partial charge in [-0.25, -0.2) is 0 Å². The van der Waals surface area contributed by atoms with Gasteiger partial charge in [-0.3, -0.25) is 9.59 Å². The fourth-order valence-corrected chi connectivity index (χ4v) is 1.80. The van der Waals surface area contributed by atoms with E-state index < -0.39 is 12.0 Å². The molecule has 1 aromatic rings. The highest BCUT2D eigenvalue weighted by atomic mass is 32.1. The number of thiophene rings is 1. The number of nitrogens with one attached hydrogen (secondary N) is 1. The summed E-state index contributed by atoms with van der Waals surface area (Å²) in [6, 6.07) is 3.88. The van der Waals surface area contributed by atoms with Gasteiger partial charge in [0.25, 0.3) is 0 Å². The molecule has 1 heterocycles. The molecule has 6 heteroatoms. The van der Waals surface area contributed by atoms with E-state index in [1.165, 1.54) is 0 Å². The summed E-state index contributed by atoms with van der Waals surface area (Å²) in [6.07, 6.45) is -0.312. The third kappa shape index (κ3) is 4.41. The summed E-state index contributed by atoms with van der Waals surface area (Å²) < 4.78 is 0. The number of amides is 2. The topological polar surface area (TPSA) is 92.4 Å². The number of carbonyl (C=O) groups is 2. The first kappa shape index (κ1) is 12.7. The Labute approximate surface area is 97.3 Å². The van der Waals surface area contributed by atoms with Gasteiger partial charge in [0, 0.05) is 11.3 Å². The first-order valence-corrected chi connectivity index (χ1v) is 5.74. The molecular weight excluding hydrogens is 228 g/mol. The number of rotatable bonds is 6. The van der Waals surface area contributed by atoms with E-state index in [0.717, 1.165) is 4.88 Å². The van der Waals surface area contributed by atoms with Gasteiger partial charge in [0.05, 0.1) is 6.54 Å². The molecule has 0 bridgehead atoms. The SMILES string of the molecule is NC(=O)C(O)CNC(=O)CCc1cccs1. The fourth-order valence-electron chi connectivity index (χ4n) is 1.09. The maximum absolute atomic E-state index is 11.3. The van der Waals surface area contributed by atoms with Crippen LogP contribution in [0.1, 0.15) is 11.3 Å². The minimum atomic E-state index is -1.31. The van der Waals surface area contributed by atoms with E-state index >= 15 is 0 Å². The molecule has 4 N–H and O–H groups in total. The summed E-state index contributed by atoms with van der Waals surface area (Å²) in [5, 5.41) is 13.4. The minimum Gasteiger partial charge on any atom is -0.381 e. The van der Waals surface area contributed by atoms with Gasteiger partial charge in [-0.1, -0.05) is 6.07 Å². The number of carbonyl (C=O) groups excluding carboxylic acids is 2. The normalized spacial score (nSPS) is 12.1. The minimum absolute atomic E-state index is 0.126. The average molecular weight is 242 g/mol. The Balaban J connectivity index is 2.19. The third-order valence-electron chi connectivity index (χ3n) is 2.00. The molecule has 0 fully saturated rings. The van der Waals surface area contributed by atoms with Crippen LogP contribution in [0.15, 0.2) is 17.5 Å². The summed E-state index contributed by atoms with van der Waals surface area (Å²) >= 11 is 1.59. The molecule has 0 aliphatic rings. The van der Waals surface area contributed by atoms with Crippen molar-refractivity contribution in [1.29, 1.82) is 0 Å². The van der Waals surface area contributed by atoms with Gasteiger partial charge < -0.3 is 16.2 Å². The van der Waals surface area contributed by atoms with Crippen molar-refractivity contribution in [3.63, 3.8) is 0 Å². The number of nitrogens with two attached hydrogens (primary N) is 1. The Kier molecular flexibility index (Phi) is 4.94. The highest BCUT2D eigenvalue weighted by Gasteiger charge is 2.11. The predicted molar refractivity (Wildman–Crippen MR) is 60.9 cm³/mol. The van der Waals surface area contributed by atoms with E-state index in [-0.39, 0.29) is 12.5 Å². The van der Waals surface area contributed by atoms with E-state index in [4.69, 9.17) is 10.8 Å². The molecule has 16 heavy (non-hydrogen) atoms. The molecule has 0 aliphatic carbocycles. The lowest BCUT2D eigenvalue weighted by Gasteiger charge is -2.07. The van der Waals surface area contributed by atoms with Crippen LogP contribution in [-0.2, 0) is 16.0 Å². The smallest absolute Gasteiger partial charge is 0.248 e. The standard InChI is InChI=1S/C10H14N2O3S/c11-10(15)8(13)6-12-9(14)4-3-7-2-1-5-16-7/h1-2,5,8,13H,3-4,6H2,(H2,11,15)(H,12,14). The zero-order valence-corrected chi connectivity index (χ0v) is 9.50. The highest BCUT2D eigenvalue weighted by Crippen LogP contribution is 2.10. The maximum Gasteiger partial charge on any atom is 0.248 e.